The van der Waals surface area contributed by atoms with Crippen molar-refractivity contribution in [1.82, 2.24) is 9.80 Å². The van der Waals surface area contributed by atoms with Crippen LogP contribution >= 0.6 is 0 Å². The van der Waals surface area contributed by atoms with Crippen LogP contribution in [0.15, 0.2) is 5.10 Å². The van der Waals surface area contributed by atoms with Crippen molar-refractivity contribution < 1.29 is 14.5 Å². The molecule has 0 saturated carbocycles. The van der Waals surface area contributed by atoms with Crippen LogP contribution in [0.5, 0.6) is 0 Å². The van der Waals surface area contributed by atoms with Gasteiger partial charge in [-0.1, -0.05) is 6.92 Å². The van der Waals surface area contributed by atoms with Gasteiger partial charge in [-0.25, -0.2) is 10.1 Å². The molecule has 0 amide bonds. The lowest BCUT2D eigenvalue weighted by Gasteiger charge is -2.29. The van der Waals surface area contributed by atoms with Crippen molar-refractivity contribution in [2.45, 2.75) is 59.0 Å². The van der Waals surface area contributed by atoms with Gasteiger partial charge >= 0.3 is 0 Å². The van der Waals surface area contributed by atoms with Crippen molar-refractivity contribution in [3.05, 3.63) is 10.1 Å². The zero-order chi connectivity index (χ0) is 17.0. The molecule has 23 heavy (non-hydrogen) atoms. The maximum absolute atomic E-state index is 10.9. The Labute approximate surface area is 137 Å². The first-order valence-electron chi connectivity index (χ1n) is 8.42. The number of hydrazone groups is 1. The van der Waals surface area contributed by atoms with E-state index in [1.165, 1.54) is 0 Å². The first kappa shape index (κ1) is 17.9. The van der Waals surface area contributed by atoms with E-state index in [1.807, 2.05) is 23.6 Å². The molecule has 2 fully saturated rings. The molecular formula is C15H28N4O4. The van der Waals surface area contributed by atoms with Gasteiger partial charge in [0.25, 0.3) is 5.96 Å². The van der Waals surface area contributed by atoms with Gasteiger partial charge in [0.1, 0.15) is 11.3 Å². The highest BCUT2D eigenvalue weighted by atomic mass is 16.7. The van der Waals surface area contributed by atoms with Gasteiger partial charge in [-0.05, 0) is 33.6 Å². The van der Waals surface area contributed by atoms with Crippen LogP contribution in [0.4, 0.5) is 0 Å². The van der Waals surface area contributed by atoms with E-state index in [4.69, 9.17) is 9.47 Å². The maximum atomic E-state index is 10.9. The van der Waals surface area contributed by atoms with Gasteiger partial charge in [-0.2, -0.15) is 0 Å². The number of hydrogen-bond acceptors (Lipinski definition) is 4. The normalized spacial score (nSPS) is 29.3. The third-order valence-electron chi connectivity index (χ3n) is 4.53. The SMILES string of the molecule is CCC(C)OC(C)N1CCN(CC2COC(C)C2)C1=N[N+](=O)[O-]. The second-order valence-corrected chi connectivity index (χ2v) is 6.48. The summed E-state index contributed by atoms with van der Waals surface area (Å²) < 4.78 is 11.5. The van der Waals surface area contributed by atoms with Gasteiger partial charge in [0.05, 0.1) is 18.8 Å². The summed E-state index contributed by atoms with van der Waals surface area (Å²) in [5.41, 5.74) is 0. The van der Waals surface area contributed by atoms with Crippen molar-refractivity contribution >= 4 is 5.96 Å². The summed E-state index contributed by atoms with van der Waals surface area (Å²) in [6.45, 7) is 10.9. The second kappa shape index (κ2) is 7.92. The highest BCUT2D eigenvalue weighted by molar-refractivity contribution is 5.81. The van der Waals surface area contributed by atoms with E-state index in [2.05, 4.69) is 18.9 Å². The van der Waals surface area contributed by atoms with Crippen LogP contribution in [-0.2, 0) is 9.47 Å². The Morgan fingerprint density at radius 1 is 1.48 bits per heavy atom. The van der Waals surface area contributed by atoms with Crippen LogP contribution in [0.2, 0.25) is 0 Å². The van der Waals surface area contributed by atoms with Crippen LogP contribution in [0.1, 0.15) is 40.5 Å². The minimum atomic E-state index is -0.621. The molecule has 4 atom stereocenters. The average molecular weight is 328 g/mol. The van der Waals surface area contributed by atoms with E-state index in [1.54, 1.807) is 0 Å². The number of ether oxygens (including phenoxy) is 2. The molecule has 2 aliphatic rings. The molecule has 0 aromatic heterocycles. The lowest BCUT2D eigenvalue weighted by Crippen LogP contribution is -2.43. The van der Waals surface area contributed by atoms with Crippen molar-refractivity contribution in [3.8, 4) is 0 Å². The fraction of sp³-hybridized carbons (Fsp3) is 0.933. The molecule has 0 radical (unpaired) electrons. The minimum absolute atomic E-state index is 0.111. The molecule has 8 nitrogen and oxygen atoms in total. The summed E-state index contributed by atoms with van der Waals surface area (Å²) >= 11 is 0. The summed E-state index contributed by atoms with van der Waals surface area (Å²) in [7, 11) is 0. The van der Waals surface area contributed by atoms with Crippen molar-refractivity contribution in [3.63, 3.8) is 0 Å². The number of hydrogen-bond donors (Lipinski definition) is 0. The van der Waals surface area contributed by atoms with E-state index in [-0.39, 0.29) is 18.4 Å². The Hall–Kier alpha value is -1.41. The summed E-state index contributed by atoms with van der Waals surface area (Å²) in [6, 6.07) is 0. The first-order valence-corrected chi connectivity index (χ1v) is 8.42. The molecule has 0 aliphatic carbocycles. The summed E-state index contributed by atoms with van der Waals surface area (Å²) in [5.74, 6) is 0.804. The molecule has 4 unspecified atom stereocenters. The molecule has 2 aliphatic heterocycles. The Morgan fingerprint density at radius 2 is 2.22 bits per heavy atom. The zero-order valence-electron chi connectivity index (χ0n) is 14.5. The van der Waals surface area contributed by atoms with Gasteiger partial charge in [-0.15, -0.1) is 0 Å². The maximum Gasteiger partial charge on any atom is 0.276 e. The largest absolute Gasteiger partial charge is 0.378 e. The molecule has 0 N–H and O–H groups in total. The highest BCUT2D eigenvalue weighted by Crippen LogP contribution is 2.23. The molecule has 8 heteroatoms. The zero-order valence-corrected chi connectivity index (χ0v) is 14.5. The standard InChI is InChI=1S/C15H28N4O4/c1-5-11(2)23-13(4)18-7-6-17(15(18)16-19(20)21)9-14-8-12(3)22-10-14/h11-14H,5-10H2,1-4H3. The fourth-order valence-corrected chi connectivity index (χ4v) is 3.17. The van der Waals surface area contributed by atoms with Gasteiger partial charge < -0.3 is 19.3 Å². The van der Waals surface area contributed by atoms with Gasteiger partial charge in [0.2, 0.25) is 0 Å². The number of nitrogens with zero attached hydrogens (tertiary/aromatic N) is 4. The van der Waals surface area contributed by atoms with Crippen molar-refractivity contribution in [1.29, 1.82) is 0 Å². The number of rotatable bonds is 7. The van der Waals surface area contributed by atoms with Crippen LogP contribution in [-0.4, -0.2) is 65.5 Å². The predicted octanol–water partition coefficient (Wildman–Crippen LogP) is 1.74. The van der Waals surface area contributed by atoms with E-state index >= 15 is 0 Å². The van der Waals surface area contributed by atoms with E-state index < -0.39 is 5.03 Å². The van der Waals surface area contributed by atoms with Crippen LogP contribution in [0, 0.1) is 16.0 Å². The molecule has 0 bridgehead atoms. The minimum Gasteiger partial charge on any atom is -0.378 e. The summed E-state index contributed by atoms with van der Waals surface area (Å²) in [6.07, 6.45) is 2.04. The van der Waals surface area contributed by atoms with E-state index in [9.17, 15) is 10.1 Å². The average Bonchev–Trinajstić information content (AvgIpc) is 3.06. The van der Waals surface area contributed by atoms with Crippen molar-refractivity contribution in [2.24, 2.45) is 11.0 Å². The molecule has 132 valence electrons. The topological polar surface area (TPSA) is 80.4 Å². The third kappa shape index (κ3) is 4.78. The molecule has 0 aromatic carbocycles. The van der Waals surface area contributed by atoms with Crippen LogP contribution in [0.25, 0.3) is 0 Å². The highest BCUT2D eigenvalue weighted by Gasteiger charge is 2.36. The first-order chi connectivity index (χ1) is 10.9. The van der Waals surface area contributed by atoms with Crippen LogP contribution in [0.3, 0.4) is 0 Å². The Balaban J connectivity index is 2.04. The lowest BCUT2D eigenvalue weighted by atomic mass is 10.1. The Morgan fingerprint density at radius 3 is 2.78 bits per heavy atom. The number of guanidine groups is 1. The number of nitro groups is 1. The van der Waals surface area contributed by atoms with Gasteiger partial charge in [-0.3, -0.25) is 0 Å². The van der Waals surface area contributed by atoms with Crippen molar-refractivity contribution in [2.75, 3.05) is 26.2 Å². The fourth-order valence-electron chi connectivity index (χ4n) is 3.17. The van der Waals surface area contributed by atoms with Gasteiger partial charge in [0.15, 0.2) is 5.03 Å². The molecule has 2 rings (SSSR count). The molecular weight excluding hydrogens is 300 g/mol. The smallest absolute Gasteiger partial charge is 0.276 e. The quantitative estimate of drug-likeness (QED) is 0.523. The molecule has 0 spiro atoms. The van der Waals surface area contributed by atoms with E-state index in [0.717, 1.165) is 25.9 Å². The summed E-state index contributed by atoms with van der Waals surface area (Å²) in [4.78, 5) is 14.8. The molecule has 0 aromatic rings. The monoisotopic (exact) mass is 328 g/mol. The summed E-state index contributed by atoms with van der Waals surface area (Å²) in [5, 5.41) is 13.9. The Kier molecular flexibility index (Phi) is 6.17. The Bertz CT molecular complexity index is 445. The molecule has 2 saturated heterocycles. The van der Waals surface area contributed by atoms with Gasteiger partial charge in [0, 0.05) is 25.6 Å². The molecule has 2 heterocycles. The van der Waals surface area contributed by atoms with Crippen LogP contribution < -0.4 is 0 Å². The third-order valence-corrected chi connectivity index (χ3v) is 4.53. The second-order valence-electron chi connectivity index (χ2n) is 6.48. The predicted molar refractivity (Wildman–Crippen MR) is 86.5 cm³/mol. The van der Waals surface area contributed by atoms with E-state index in [0.29, 0.717) is 25.0 Å². The lowest BCUT2D eigenvalue weighted by molar-refractivity contribution is -0.486.